The van der Waals surface area contributed by atoms with E-state index >= 15 is 0 Å². The largest absolute Gasteiger partial charge is 0.385 e. The summed E-state index contributed by atoms with van der Waals surface area (Å²) in [6.07, 6.45) is 1.41. The molecule has 0 aliphatic carbocycles. The van der Waals surface area contributed by atoms with Crippen LogP contribution in [0.2, 0.25) is 0 Å². The topological polar surface area (TPSA) is 67.2 Å². The Morgan fingerprint density at radius 2 is 2.22 bits per heavy atom. The highest BCUT2D eigenvalue weighted by Crippen LogP contribution is 2.18. The monoisotopic (exact) mass is 245 g/mol. The number of anilines is 2. The Labute approximate surface area is 105 Å². The molecule has 1 aromatic carbocycles. The van der Waals surface area contributed by atoms with E-state index in [1.165, 1.54) is 6.26 Å². The Morgan fingerprint density at radius 3 is 2.89 bits per heavy atom. The van der Waals surface area contributed by atoms with Gasteiger partial charge in [0.05, 0.1) is 5.56 Å². The van der Waals surface area contributed by atoms with Gasteiger partial charge < -0.3 is 15.2 Å². The van der Waals surface area contributed by atoms with Crippen molar-refractivity contribution in [2.75, 3.05) is 17.2 Å². The number of nitrogens with one attached hydrogen (secondary N) is 2. The van der Waals surface area contributed by atoms with E-state index in [-0.39, 0.29) is 5.91 Å². The van der Waals surface area contributed by atoms with Crippen molar-refractivity contribution in [1.82, 2.24) is 5.16 Å². The van der Waals surface area contributed by atoms with Crippen LogP contribution < -0.4 is 10.6 Å². The van der Waals surface area contributed by atoms with Crippen molar-refractivity contribution in [3.63, 3.8) is 0 Å². The van der Waals surface area contributed by atoms with Crippen molar-refractivity contribution in [3.8, 4) is 0 Å². The average molecular weight is 245 g/mol. The third kappa shape index (κ3) is 2.68. The molecule has 0 radical (unpaired) electrons. The van der Waals surface area contributed by atoms with Crippen LogP contribution in [0.3, 0.4) is 0 Å². The molecule has 0 fully saturated rings. The van der Waals surface area contributed by atoms with Crippen molar-refractivity contribution in [3.05, 3.63) is 41.7 Å². The maximum atomic E-state index is 12.1. The molecule has 0 saturated heterocycles. The van der Waals surface area contributed by atoms with E-state index in [2.05, 4.69) is 20.3 Å². The highest BCUT2D eigenvalue weighted by Gasteiger charge is 2.12. The van der Waals surface area contributed by atoms with E-state index in [4.69, 9.17) is 0 Å². The van der Waals surface area contributed by atoms with E-state index in [1.54, 1.807) is 12.1 Å². The first-order valence-corrected chi connectivity index (χ1v) is 5.77. The maximum Gasteiger partial charge on any atom is 0.259 e. The number of amides is 1. The van der Waals surface area contributed by atoms with Gasteiger partial charge in [0.25, 0.3) is 5.91 Å². The summed E-state index contributed by atoms with van der Waals surface area (Å²) in [5.74, 6) is 0.197. The molecule has 0 saturated carbocycles. The maximum absolute atomic E-state index is 12.1. The molecule has 2 rings (SSSR count). The van der Waals surface area contributed by atoms with Crippen LogP contribution in [0.25, 0.3) is 0 Å². The predicted molar refractivity (Wildman–Crippen MR) is 69.8 cm³/mol. The SMILES string of the molecule is CCNc1cc(C)ccc1C(=O)Nc1ccon1. The van der Waals surface area contributed by atoms with Gasteiger partial charge in [0.1, 0.15) is 6.26 Å². The highest BCUT2D eigenvalue weighted by molar-refractivity contribution is 6.07. The van der Waals surface area contributed by atoms with Crippen LogP contribution >= 0.6 is 0 Å². The summed E-state index contributed by atoms with van der Waals surface area (Å²) < 4.78 is 4.67. The fourth-order valence-electron chi connectivity index (χ4n) is 1.65. The van der Waals surface area contributed by atoms with E-state index in [0.29, 0.717) is 11.4 Å². The number of hydrogen-bond acceptors (Lipinski definition) is 4. The van der Waals surface area contributed by atoms with Crippen LogP contribution in [-0.4, -0.2) is 17.6 Å². The van der Waals surface area contributed by atoms with Gasteiger partial charge in [0.15, 0.2) is 5.82 Å². The number of rotatable bonds is 4. The van der Waals surface area contributed by atoms with Crippen LogP contribution in [0.15, 0.2) is 35.1 Å². The fraction of sp³-hybridized carbons (Fsp3) is 0.231. The minimum atomic E-state index is -0.208. The summed E-state index contributed by atoms with van der Waals surface area (Å²) in [4.78, 5) is 12.1. The second-order valence-electron chi connectivity index (χ2n) is 3.92. The normalized spacial score (nSPS) is 10.1. The molecular formula is C13H15N3O2. The number of benzene rings is 1. The molecule has 1 aromatic heterocycles. The third-order valence-corrected chi connectivity index (χ3v) is 2.47. The molecule has 0 aliphatic heterocycles. The Kier molecular flexibility index (Phi) is 3.62. The van der Waals surface area contributed by atoms with Gasteiger partial charge in [-0.15, -0.1) is 0 Å². The van der Waals surface area contributed by atoms with Gasteiger partial charge in [-0.2, -0.15) is 0 Å². The Bertz CT molecular complexity index is 535. The summed E-state index contributed by atoms with van der Waals surface area (Å²) in [5, 5.41) is 9.49. The zero-order chi connectivity index (χ0) is 13.0. The van der Waals surface area contributed by atoms with Crippen molar-refractivity contribution in [2.45, 2.75) is 13.8 Å². The second-order valence-corrected chi connectivity index (χ2v) is 3.92. The number of carbonyl (C=O) groups excluding carboxylic acids is 1. The highest BCUT2D eigenvalue weighted by atomic mass is 16.5. The Balaban J connectivity index is 2.23. The molecule has 18 heavy (non-hydrogen) atoms. The van der Waals surface area contributed by atoms with Crippen molar-refractivity contribution < 1.29 is 9.32 Å². The van der Waals surface area contributed by atoms with Gasteiger partial charge in [-0.3, -0.25) is 4.79 Å². The molecule has 2 N–H and O–H groups in total. The summed E-state index contributed by atoms with van der Waals surface area (Å²) in [6, 6.07) is 7.24. The van der Waals surface area contributed by atoms with Gasteiger partial charge in [-0.05, 0) is 31.5 Å². The van der Waals surface area contributed by atoms with Gasteiger partial charge in [0.2, 0.25) is 0 Å². The third-order valence-electron chi connectivity index (χ3n) is 2.47. The summed E-state index contributed by atoms with van der Waals surface area (Å²) in [6.45, 7) is 4.73. The second kappa shape index (κ2) is 5.35. The molecule has 0 unspecified atom stereocenters. The van der Waals surface area contributed by atoms with Crippen LogP contribution in [0.4, 0.5) is 11.5 Å². The lowest BCUT2D eigenvalue weighted by Gasteiger charge is -2.10. The molecule has 0 spiro atoms. The fourth-order valence-corrected chi connectivity index (χ4v) is 1.65. The summed E-state index contributed by atoms with van der Waals surface area (Å²) in [7, 11) is 0. The van der Waals surface area contributed by atoms with E-state index in [0.717, 1.165) is 17.8 Å². The lowest BCUT2D eigenvalue weighted by molar-refractivity contribution is 0.102. The van der Waals surface area contributed by atoms with E-state index in [1.807, 2.05) is 26.0 Å². The zero-order valence-electron chi connectivity index (χ0n) is 10.4. The first-order valence-electron chi connectivity index (χ1n) is 5.77. The predicted octanol–water partition coefficient (Wildman–Crippen LogP) is 2.67. The van der Waals surface area contributed by atoms with Crippen molar-refractivity contribution in [1.29, 1.82) is 0 Å². The quantitative estimate of drug-likeness (QED) is 0.869. The minimum absolute atomic E-state index is 0.208. The molecule has 2 aromatic rings. The van der Waals surface area contributed by atoms with E-state index in [9.17, 15) is 4.79 Å². The number of hydrogen-bond donors (Lipinski definition) is 2. The number of nitrogens with zero attached hydrogens (tertiary/aromatic N) is 1. The lowest BCUT2D eigenvalue weighted by atomic mass is 10.1. The first kappa shape index (κ1) is 12.2. The standard InChI is InChI=1S/C13H15N3O2/c1-3-14-11-8-9(2)4-5-10(11)13(17)15-12-6-7-18-16-12/h4-8,14H,3H2,1-2H3,(H,15,16,17). The van der Waals surface area contributed by atoms with Gasteiger partial charge in [-0.25, -0.2) is 0 Å². The number of aryl methyl sites for hydroxylation is 1. The lowest BCUT2D eigenvalue weighted by Crippen LogP contribution is -2.15. The molecule has 1 heterocycles. The van der Waals surface area contributed by atoms with Gasteiger partial charge in [0, 0.05) is 18.3 Å². The molecule has 0 aliphatic rings. The average Bonchev–Trinajstić information content (AvgIpc) is 2.82. The molecule has 1 amide bonds. The van der Waals surface area contributed by atoms with Crippen molar-refractivity contribution in [2.24, 2.45) is 0 Å². The Morgan fingerprint density at radius 1 is 1.39 bits per heavy atom. The van der Waals surface area contributed by atoms with Crippen LogP contribution in [0, 0.1) is 6.92 Å². The molecule has 5 heteroatoms. The summed E-state index contributed by atoms with van der Waals surface area (Å²) >= 11 is 0. The Hall–Kier alpha value is -2.30. The van der Waals surface area contributed by atoms with Gasteiger partial charge in [-0.1, -0.05) is 11.2 Å². The van der Waals surface area contributed by atoms with E-state index < -0.39 is 0 Å². The van der Waals surface area contributed by atoms with Crippen LogP contribution in [0.1, 0.15) is 22.8 Å². The number of aromatic nitrogens is 1. The van der Waals surface area contributed by atoms with Crippen LogP contribution in [0.5, 0.6) is 0 Å². The molecular weight excluding hydrogens is 230 g/mol. The smallest absolute Gasteiger partial charge is 0.259 e. The van der Waals surface area contributed by atoms with Crippen LogP contribution in [-0.2, 0) is 0 Å². The molecule has 5 nitrogen and oxygen atoms in total. The molecule has 0 bridgehead atoms. The first-order chi connectivity index (χ1) is 8.70. The number of carbonyl (C=O) groups is 1. The van der Waals surface area contributed by atoms with Crippen molar-refractivity contribution >= 4 is 17.4 Å². The van der Waals surface area contributed by atoms with Gasteiger partial charge >= 0.3 is 0 Å². The molecule has 94 valence electrons. The molecule has 0 atom stereocenters. The summed E-state index contributed by atoms with van der Waals surface area (Å²) in [5.41, 5.74) is 2.51. The zero-order valence-corrected chi connectivity index (χ0v) is 10.4. The minimum Gasteiger partial charge on any atom is -0.385 e.